The van der Waals surface area contributed by atoms with Crippen LogP contribution in [0.4, 0.5) is 0 Å². The molecule has 110 valence electrons. The van der Waals surface area contributed by atoms with Crippen LogP contribution < -0.4 is 0 Å². The normalized spacial score (nSPS) is 11.7. The lowest BCUT2D eigenvalue weighted by Crippen LogP contribution is -1.82. The van der Waals surface area contributed by atoms with Crippen molar-refractivity contribution in [1.82, 2.24) is 4.98 Å². The first-order valence-electron chi connectivity index (χ1n) is 7.56. The van der Waals surface area contributed by atoms with Crippen LogP contribution in [0.3, 0.4) is 0 Å². The van der Waals surface area contributed by atoms with Gasteiger partial charge in [0.25, 0.3) is 0 Å². The number of nitrogens with zero attached hydrogens (tertiary/aromatic N) is 1. The van der Waals surface area contributed by atoms with Gasteiger partial charge in [0.05, 0.1) is 5.56 Å². The molecule has 3 aromatic carbocycles. The second kappa shape index (κ2) is 4.67. The predicted molar refractivity (Wildman–Crippen MR) is 97.1 cm³/mol. The zero-order valence-corrected chi connectivity index (χ0v) is 13.4. The summed E-state index contributed by atoms with van der Waals surface area (Å²) in [6, 6.07) is 17.0. The first-order valence-corrected chi connectivity index (χ1v) is 8.44. The van der Waals surface area contributed by atoms with E-state index < -0.39 is 0 Å². The van der Waals surface area contributed by atoms with Gasteiger partial charge in [0.2, 0.25) is 0 Å². The van der Waals surface area contributed by atoms with Crippen LogP contribution in [-0.4, -0.2) is 4.98 Å². The van der Waals surface area contributed by atoms with E-state index >= 15 is 0 Å². The zero-order valence-electron chi connectivity index (χ0n) is 12.5. The van der Waals surface area contributed by atoms with Crippen molar-refractivity contribution >= 4 is 44.0 Å². The zero-order chi connectivity index (χ0) is 15.4. The molecule has 5 aromatic rings. The van der Waals surface area contributed by atoms with Crippen molar-refractivity contribution in [2.24, 2.45) is 0 Å². The quantitative estimate of drug-likeness (QED) is 0.369. The highest BCUT2D eigenvalue weighted by Crippen LogP contribution is 2.40. The molecule has 0 amide bonds. The standard InChI is InChI=1S/C20H13NOS/c1-12-6-8-16-15-9-7-13-4-2-3-5-14(13)18(15)22-19(16)17(12)20-21-10-11-23-20/h2-11H,1H3. The molecule has 0 bridgehead atoms. The van der Waals surface area contributed by atoms with Crippen LogP contribution in [0.2, 0.25) is 0 Å². The SMILES string of the molecule is Cc1ccc2c(oc3c4ccccc4ccc23)c1-c1nccs1. The molecule has 5 rings (SSSR count). The van der Waals surface area contributed by atoms with Gasteiger partial charge in [-0.3, -0.25) is 0 Å². The second-order valence-electron chi connectivity index (χ2n) is 5.74. The third kappa shape index (κ3) is 1.77. The number of rotatable bonds is 1. The lowest BCUT2D eigenvalue weighted by atomic mass is 10.0. The van der Waals surface area contributed by atoms with Crippen molar-refractivity contribution in [1.29, 1.82) is 0 Å². The van der Waals surface area contributed by atoms with Crippen LogP contribution in [0.1, 0.15) is 5.56 Å². The maximum atomic E-state index is 6.37. The average molecular weight is 315 g/mol. The lowest BCUT2D eigenvalue weighted by molar-refractivity contribution is 0.673. The van der Waals surface area contributed by atoms with Gasteiger partial charge < -0.3 is 4.42 Å². The van der Waals surface area contributed by atoms with Crippen molar-refractivity contribution < 1.29 is 4.42 Å². The Kier molecular flexibility index (Phi) is 2.61. The predicted octanol–water partition coefficient (Wildman–Crippen LogP) is 6.17. The van der Waals surface area contributed by atoms with E-state index in [1.807, 2.05) is 11.6 Å². The van der Waals surface area contributed by atoms with Crippen LogP contribution in [0.15, 0.2) is 64.5 Å². The molecule has 3 heteroatoms. The number of fused-ring (bicyclic) bond motifs is 5. The summed E-state index contributed by atoms with van der Waals surface area (Å²) in [5, 5.41) is 7.69. The minimum Gasteiger partial charge on any atom is -0.455 e. The minimum atomic E-state index is 0.936. The summed E-state index contributed by atoms with van der Waals surface area (Å²) >= 11 is 1.65. The fraction of sp³-hybridized carbons (Fsp3) is 0.0500. The fourth-order valence-corrected chi connectivity index (χ4v) is 4.02. The van der Waals surface area contributed by atoms with Gasteiger partial charge in [-0.1, -0.05) is 42.5 Å². The van der Waals surface area contributed by atoms with E-state index in [-0.39, 0.29) is 0 Å². The molecule has 0 saturated heterocycles. The molecule has 2 aromatic heterocycles. The highest BCUT2D eigenvalue weighted by atomic mass is 32.1. The number of hydrogen-bond donors (Lipinski definition) is 0. The Balaban J connectivity index is 2.00. The molecule has 0 aliphatic heterocycles. The van der Waals surface area contributed by atoms with E-state index in [9.17, 15) is 0 Å². The largest absolute Gasteiger partial charge is 0.455 e. The van der Waals surface area contributed by atoms with Crippen LogP contribution in [0, 0.1) is 6.92 Å². The summed E-state index contributed by atoms with van der Waals surface area (Å²) in [7, 11) is 0. The molecule has 0 unspecified atom stereocenters. The van der Waals surface area contributed by atoms with E-state index in [2.05, 4.69) is 60.4 Å². The molecule has 0 fully saturated rings. The summed E-state index contributed by atoms with van der Waals surface area (Å²) in [5.41, 5.74) is 4.20. The smallest absolute Gasteiger partial charge is 0.145 e. The molecular weight excluding hydrogens is 302 g/mol. The Hall–Kier alpha value is -2.65. The van der Waals surface area contributed by atoms with Gasteiger partial charge in [-0.05, 0) is 23.9 Å². The van der Waals surface area contributed by atoms with Gasteiger partial charge in [0.1, 0.15) is 16.2 Å². The van der Waals surface area contributed by atoms with Crippen LogP contribution in [0.25, 0.3) is 43.3 Å². The molecular formula is C20H13NOS. The Morgan fingerprint density at radius 1 is 0.870 bits per heavy atom. The molecule has 0 aliphatic carbocycles. The maximum Gasteiger partial charge on any atom is 0.145 e. The van der Waals surface area contributed by atoms with Gasteiger partial charge in [0.15, 0.2) is 0 Å². The van der Waals surface area contributed by atoms with E-state index in [4.69, 9.17) is 4.42 Å². The van der Waals surface area contributed by atoms with Gasteiger partial charge >= 0.3 is 0 Å². The van der Waals surface area contributed by atoms with E-state index in [1.165, 1.54) is 10.9 Å². The first-order chi connectivity index (χ1) is 11.3. The van der Waals surface area contributed by atoms with Gasteiger partial charge in [-0.2, -0.15) is 0 Å². The van der Waals surface area contributed by atoms with Crippen LogP contribution in [0.5, 0.6) is 0 Å². The molecule has 0 N–H and O–H groups in total. The topological polar surface area (TPSA) is 26.0 Å². The Labute approximate surface area is 137 Å². The summed E-state index contributed by atoms with van der Waals surface area (Å²) in [4.78, 5) is 4.49. The highest BCUT2D eigenvalue weighted by Gasteiger charge is 2.17. The third-order valence-electron chi connectivity index (χ3n) is 4.39. The minimum absolute atomic E-state index is 0.936. The van der Waals surface area contributed by atoms with Crippen molar-refractivity contribution in [2.45, 2.75) is 6.92 Å². The van der Waals surface area contributed by atoms with Crippen molar-refractivity contribution in [3.05, 3.63) is 65.7 Å². The molecule has 2 heterocycles. The molecule has 0 spiro atoms. The molecule has 0 atom stereocenters. The highest BCUT2D eigenvalue weighted by molar-refractivity contribution is 7.13. The van der Waals surface area contributed by atoms with Gasteiger partial charge in [-0.15, -0.1) is 11.3 Å². The number of furan rings is 1. The first kappa shape index (κ1) is 12.9. The van der Waals surface area contributed by atoms with Gasteiger partial charge in [-0.25, -0.2) is 4.98 Å². The van der Waals surface area contributed by atoms with Crippen molar-refractivity contribution in [3.63, 3.8) is 0 Å². The number of aryl methyl sites for hydroxylation is 1. The second-order valence-corrected chi connectivity index (χ2v) is 6.63. The molecule has 2 nitrogen and oxygen atoms in total. The van der Waals surface area contributed by atoms with Crippen molar-refractivity contribution in [2.75, 3.05) is 0 Å². The van der Waals surface area contributed by atoms with E-state index in [0.29, 0.717) is 0 Å². The summed E-state index contributed by atoms with van der Waals surface area (Å²) in [6.07, 6.45) is 1.84. The third-order valence-corrected chi connectivity index (χ3v) is 5.18. The Morgan fingerprint density at radius 3 is 2.57 bits per heavy atom. The Morgan fingerprint density at radius 2 is 1.70 bits per heavy atom. The molecule has 0 radical (unpaired) electrons. The molecule has 0 aliphatic rings. The van der Waals surface area contributed by atoms with Crippen LogP contribution >= 0.6 is 11.3 Å². The summed E-state index contributed by atoms with van der Waals surface area (Å²) in [5.74, 6) is 0. The fourth-order valence-electron chi connectivity index (χ4n) is 3.28. The van der Waals surface area contributed by atoms with E-state index in [0.717, 1.165) is 37.9 Å². The Bertz CT molecular complexity index is 1170. The maximum absolute atomic E-state index is 6.37. The van der Waals surface area contributed by atoms with Gasteiger partial charge in [0, 0.05) is 27.7 Å². The van der Waals surface area contributed by atoms with E-state index in [1.54, 1.807) is 11.3 Å². The van der Waals surface area contributed by atoms with Crippen LogP contribution in [-0.2, 0) is 0 Å². The molecule has 23 heavy (non-hydrogen) atoms. The number of benzene rings is 3. The lowest BCUT2D eigenvalue weighted by Gasteiger charge is -2.02. The monoisotopic (exact) mass is 315 g/mol. The summed E-state index contributed by atoms with van der Waals surface area (Å²) < 4.78 is 6.37. The summed E-state index contributed by atoms with van der Waals surface area (Å²) in [6.45, 7) is 2.11. The number of hydrogen-bond acceptors (Lipinski definition) is 3. The number of aromatic nitrogens is 1. The number of thiazole rings is 1. The average Bonchev–Trinajstić information content (AvgIpc) is 3.22. The van der Waals surface area contributed by atoms with Crippen molar-refractivity contribution in [3.8, 4) is 10.6 Å². The molecule has 0 saturated carbocycles.